The van der Waals surface area contributed by atoms with E-state index in [0.717, 1.165) is 10.6 Å². The number of hydrogen-bond acceptors (Lipinski definition) is 3. The second-order valence-electron chi connectivity index (χ2n) is 1.80. The van der Waals surface area contributed by atoms with Crippen LogP contribution in [0.15, 0.2) is 29.2 Å². The first-order valence-electron chi connectivity index (χ1n) is 2.87. The summed E-state index contributed by atoms with van der Waals surface area (Å²) in [6.07, 6.45) is 0. The Labute approximate surface area is 64.5 Å². The van der Waals surface area contributed by atoms with Gasteiger partial charge in [-0.05, 0) is 30.1 Å². The average molecular weight is 155 g/mol. The van der Waals surface area contributed by atoms with Crippen molar-refractivity contribution < 1.29 is 4.74 Å². The summed E-state index contributed by atoms with van der Waals surface area (Å²) in [5.74, 6) is 0.843. The number of methoxy groups -OCH3 is 1. The fourth-order valence-electron chi connectivity index (χ4n) is 0.674. The number of ether oxygens (including phenoxy) is 1. The smallest absolute Gasteiger partial charge is 0.120 e. The zero-order chi connectivity index (χ0) is 7.40. The first kappa shape index (κ1) is 7.44. The third-order valence-electron chi connectivity index (χ3n) is 1.18. The fourth-order valence-corrected chi connectivity index (χ4v) is 1.02. The highest BCUT2D eigenvalue weighted by Crippen LogP contribution is 2.17. The van der Waals surface area contributed by atoms with Crippen LogP contribution in [0.5, 0.6) is 5.75 Å². The van der Waals surface area contributed by atoms with Crippen LogP contribution < -0.4 is 9.88 Å². The van der Waals surface area contributed by atoms with E-state index in [4.69, 9.17) is 9.88 Å². The summed E-state index contributed by atoms with van der Waals surface area (Å²) in [5, 5.41) is 5.33. The summed E-state index contributed by atoms with van der Waals surface area (Å²) < 4.78 is 4.99. The van der Waals surface area contributed by atoms with Gasteiger partial charge in [-0.2, -0.15) is 0 Å². The first-order chi connectivity index (χ1) is 4.86. The van der Waals surface area contributed by atoms with E-state index in [1.807, 2.05) is 24.3 Å². The molecule has 10 heavy (non-hydrogen) atoms. The van der Waals surface area contributed by atoms with Crippen LogP contribution in [-0.2, 0) is 0 Å². The van der Waals surface area contributed by atoms with Crippen LogP contribution in [0.4, 0.5) is 0 Å². The summed E-state index contributed by atoms with van der Waals surface area (Å²) >= 11 is 1.22. The zero-order valence-electron chi connectivity index (χ0n) is 5.70. The molecule has 0 bridgehead atoms. The summed E-state index contributed by atoms with van der Waals surface area (Å²) in [6, 6.07) is 7.63. The summed E-state index contributed by atoms with van der Waals surface area (Å²) in [4.78, 5) is 1.01. The van der Waals surface area contributed by atoms with E-state index in [-0.39, 0.29) is 0 Å². The average Bonchev–Trinajstić information content (AvgIpc) is 2.05. The Bertz CT molecular complexity index is 195. The Hall–Kier alpha value is -0.670. The van der Waals surface area contributed by atoms with Crippen LogP contribution in [0.3, 0.4) is 0 Å². The molecule has 0 aromatic heterocycles. The van der Waals surface area contributed by atoms with Crippen molar-refractivity contribution in [1.82, 2.24) is 0 Å². The highest BCUT2D eigenvalue weighted by atomic mass is 32.2. The molecule has 0 atom stereocenters. The summed E-state index contributed by atoms with van der Waals surface area (Å²) in [6.45, 7) is 0. The van der Waals surface area contributed by atoms with Crippen molar-refractivity contribution in [3.05, 3.63) is 24.3 Å². The fraction of sp³-hybridized carbons (Fsp3) is 0.143. The van der Waals surface area contributed by atoms with Gasteiger partial charge in [0.05, 0.1) is 7.11 Å². The van der Waals surface area contributed by atoms with Gasteiger partial charge < -0.3 is 4.74 Å². The zero-order valence-corrected chi connectivity index (χ0v) is 6.52. The van der Waals surface area contributed by atoms with Gasteiger partial charge in [-0.1, -0.05) is 6.07 Å². The lowest BCUT2D eigenvalue weighted by molar-refractivity contribution is 0.413. The van der Waals surface area contributed by atoms with Gasteiger partial charge in [-0.25, -0.2) is 0 Å². The molecule has 2 nitrogen and oxygen atoms in total. The van der Waals surface area contributed by atoms with Gasteiger partial charge in [0.2, 0.25) is 0 Å². The Morgan fingerprint density at radius 1 is 1.50 bits per heavy atom. The quantitative estimate of drug-likeness (QED) is 0.660. The monoisotopic (exact) mass is 155 g/mol. The second-order valence-corrected chi connectivity index (χ2v) is 2.50. The first-order valence-corrected chi connectivity index (χ1v) is 3.75. The molecule has 0 spiro atoms. The Balaban J connectivity index is 2.87. The maximum Gasteiger partial charge on any atom is 0.120 e. The van der Waals surface area contributed by atoms with Crippen LogP contribution in [0.2, 0.25) is 0 Å². The molecular weight excluding hydrogens is 146 g/mol. The van der Waals surface area contributed by atoms with E-state index in [1.54, 1.807) is 7.11 Å². The van der Waals surface area contributed by atoms with Crippen LogP contribution >= 0.6 is 11.9 Å². The van der Waals surface area contributed by atoms with E-state index < -0.39 is 0 Å². The highest BCUT2D eigenvalue weighted by Gasteiger charge is 1.91. The summed E-state index contributed by atoms with van der Waals surface area (Å²) in [5.41, 5.74) is 0. The molecule has 0 radical (unpaired) electrons. The largest absolute Gasteiger partial charge is 0.497 e. The summed E-state index contributed by atoms with van der Waals surface area (Å²) in [7, 11) is 1.64. The lowest BCUT2D eigenvalue weighted by Gasteiger charge is -1.99. The van der Waals surface area contributed by atoms with Crippen LogP contribution in [0.1, 0.15) is 0 Å². The van der Waals surface area contributed by atoms with Crippen molar-refractivity contribution in [2.24, 2.45) is 5.14 Å². The lowest BCUT2D eigenvalue weighted by Crippen LogP contribution is -1.83. The minimum atomic E-state index is 0.843. The Kier molecular flexibility index (Phi) is 2.59. The highest BCUT2D eigenvalue weighted by molar-refractivity contribution is 7.97. The number of rotatable bonds is 2. The minimum absolute atomic E-state index is 0.843. The molecule has 1 rings (SSSR count). The predicted octanol–water partition coefficient (Wildman–Crippen LogP) is 1.66. The molecule has 0 aliphatic rings. The molecule has 1 aromatic rings. The topological polar surface area (TPSA) is 35.2 Å². The molecule has 3 heteroatoms. The van der Waals surface area contributed by atoms with E-state index in [9.17, 15) is 0 Å². The van der Waals surface area contributed by atoms with Gasteiger partial charge in [0, 0.05) is 4.90 Å². The van der Waals surface area contributed by atoms with Crippen molar-refractivity contribution in [3.8, 4) is 5.75 Å². The lowest BCUT2D eigenvalue weighted by atomic mass is 10.3. The Morgan fingerprint density at radius 2 is 2.30 bits per heavy atom. The molecule has 2 N–H and O–H groups in total. The third kappa shape index (κ3) is 1.65. The van der Waals surface area contributed by atoms with E-state index >= 15 is 0 Å². The molecule has 0 aliphatic carbocycles. The van der Waals surface area contributed by atoms with Crippen molar-refractivity contribution in [1.29, 1.82) is 0 Å². The maximum atomic E-state index is 5.33. The molecule has 0 saturated carbocycles. The van der Waals surface area contributed by atoms with Crippen LogP contribution in [-0.4, -0.2) is 7.11 Å². The molecule has 1 aromatic carbocycles. The molecule has 0 saturated heterocycles. The molecule has 0 unspecified atom stereocenters. The molecule has 0 aliphatic heterocycles. The van der Waals surface area contributed by atoms with Crippen molar-refractivity contribution in [3.63, 3.8) is 0 Å². The van der Waals surface area contributed by atoms with Gasteiger partial charge in [0.15, 0.2) is 0 Å². The minimum Gasteiger partial charge on any atom is -0.497 e. The van der Waals surface area contributed by atoms with Crippen LogP contribution in [0, 0.1) is 0 Å². The van der Waals surface area contributed by atoms with Crippen LogP contribution in [0.25, 0.3) is 0 Å². The number of nitrogens with two attached hydrogens (primary N) is 1. The van der Waals surface area contributed by atoms with E-state index in [0.29, 0.717) is 0 Å². The maximum absolute atomic E-state index is 5.33. The standard InChI is InChI=1S/C7H9NOS/c1-9-6-3-2-4-7(5-6)10-8/h2-5H,8H2,1H3. The van der Waals surface area contributed by atoms with E-state index in [1.165, 1.54) is 11.9 Å². The van der Waals surface area contributed by atoms with Crippen molar-refractivity contribution in [2.75, 3.05) is 7.11 Å². The molecule has 0 fully saturated rings. The van der Waals surface area contributed by atoms with Gasteiger partial charge in [-0.15, -0.1) is 0 Å². The van der Waals surface area contributed by atoms with Gasteiger partial charge in [-0.3, -0.25) is 5.14 Å². The van der Waals surface area contributed by atoms with Gasteiger partial charge in [0.1, 0.15) is 5.75 Å². The molecular formula is C7H9NOS. The Morgan fingerprint density at radius 3 is 2.90 bits per heavy atom. The predicted molar refractivity (Wildman–Crippen MR) is 43.0 cm³/mol. The number of benzene rings is 1. The second kappa shape index (κ2) is 3.49. The third-order valence-corrected chi connectivity index (χ3v) is 1.70. The van der Waals surface area contributed by atoms with Gasteiger partial charge in [0.25, 0.3) is 0 Å². The molecule has 0 heterocycles. The normalized spacial score (nSPS) is 9.40. The van der Waals surface area contributed by atoms with Crippen molar-refractivity contribution >= 4 is 11.9 Å². The van der Waals surface area contributed by atoms with E-state index in [2.05, 4.69) is 0 Å². The van der Waals surface area contributed by atoms with Crippen molar-refractivity contribution in [2.45, 2.75) is 4.90 Å². The van der Waals surface area contributed by atoms with Gasteiger partial charge >= 0.3 is 0 Å². The SMILES string of the molecule is COc1cccc(SN)c1. The number of hydrogen-bond donors (Lipinski definition) is 1. The molecule has 0 amide bonds. The molecule has 54 valence electrons.